The van der Waals surface area contributed by atoms with Gasteiger partial charge in [-0.2, -0.15) is 4.98 Å². The summed E-state index contributed by atoms with van der Waals surface area (Å²) in [6.45, 7) is 4.56. The van der Waals surface area contributed by atoms with Crippen molar-refractivity contribution in [1.29, 1.82) is 0 Å². The van der Waals surface area contributed by atoms with Crippen molar-refractivity contribution >= 4 is 0 Å². The predicted octanol–water partition coefficient (Wildman–Crippen LogP) is 0.858. The molecule has 1 aromatic rings. The topological polar surface area (TPSA) is 46.9 Å². The maximum Gasteiger partial charge on any atom is 0.348 e. The molecular formula is C12H19N3O. The molecule has 16 heavy (non-hydrogen) atoms. The Labute approximate surface area is 95.7 Å². The summed E-state index contributed by atoms with van der Waals surface area (Å²) >= 11 is 0. The molecule has 1 aliphatic carbocycles. The number of likely N-dealkylation sites (N-methyl/N-ethyl adjacent to an activating group) is 1. The number of rotatable bonds is 4. The quantitative estimate of drug-likeness (QED) is 0.820. The van der Waals surface area contributed by atoms with Crippen LogP contribution in [0.2, 0.25) is 0 Å². The summed E-state index contributed by atoms with van der Waals surface area (Å²) < 4.78 is 1.77. The molecule has 4 nitrogen and oxygen atoms in total. The van der Waals surface area contributed by atoms with Crippen molar-refractivity contribution in [3.63, 3.8) is 0 Å². The molecule has 1 unspecified atom stereocenters. The molecule has 0 radical (unpaired) electrons. The first-order valence-corrected chi connectivity index (χ1v) is 5.84. The first kappa shape index (κ1) is 11.3. The van der Waals surface area contributed by atoms with Crippen molar-refractivity contribution in [3.8, 4) is 0 Å². The molecule has 1 atom stereocenters. The van der Waals surface area contributed by atoms with E-state index in [4.69, 9.17) is 0 Å². The van der Waals surface area contributed by atoms with Gasteiger partial charge in [-0.05, 0) is 45.7 Å². The molecule has 1 N–H and O–H groups in total. The van der Waals surface area contributed by atoms with Crippen molar-refractivity contribution in [2.75, 3.05) is 7.05 Å². The van der Waals surface area contributed by atoms with Crippen LogP contribution in [0.1, 0.15) is 24.2 Å². The fraction of sp³-hybridized carbons (Fsp3) is 0.667. The van der Waals surface area contributed by atoms with Crippen LogP contribution in [0.3, 0.4) is 0 Å². The smallest absolute Gasteiger partial charge is 0.315 e. The Hall–Kier alpha value is -1.16. The molecule has 0 spiro atoms. The van der Waals surface area contributed by atoms with Crippen molar-refractivity contribution in [2.45, 2.75) is 39.3 Å². The lowest BCUT2D eigenvalue weighted by Gasteiger charge is -2.18. The van der Waals surface area contributed by atoms with Gasteiger partial charge in [-0.15, -0.1) is 0 Å². The van der Waals surface area contributed by atoms with Gasteiger partial charge >= 0.3 is 5.69 Å². The molecule has 0 aromatic carbocycles. The highest BCUT2D eigenvalue weighted by atomic mass is 16.1. The fourth-order valence-electron chi connectivity index (χ4n) is 2.17. The molecule has 1 saturated carbocycles. The second-order valence-electron chi connectivity index (χ2n) is 4.66. The van der Waals surface area contributed by atoms with E-state index < -0.39 is 0 Å². The molecule has 0 saturated heterocycles. The van der Waals surface area contributed by atoms with Gasteiger partial charge < -0.3 is 5.32 Å². The summed E-state index contributed by atoms with van der Waals surface area (Å²) in [6, 6.07) is 2.36. The highest BCUT2D eigenvalue weighted by Gasteiger charge is 2.30. The lowest BCUT2D eigenvalue weighted by molar-refractivity contribution is 0.420. The first-order valence-electron chi connectivity index (χ1n) is 5.84. The van der Waals surface area contributed by atoms with E-state index in [9.17, 15) is 4.79 Å². The van der Waals surface area contributed by atoms with E-state index in [1.807, 2.05) is 27.0 Å². The third-order valence-corrected chi connectivity index (χ3v) is 3.29. The predicted molar refractivity (Wildman–Crippen MR) is 63.5 cm³/mol. The van der Waals surface area contributed by atoms with Crippen LogP contribution in [0.5, 0.6) is 0 Å². The van der Waals surface area contributed by atoms with Crippen LogP contribution in [-0.4, -0.2) is 22.6 Å². The van der Waals surface area contributed by atoms with E-state index in [0.29, 0.717) is 6.04 Å². The van der Waals surface area contributed by atoms with E-state index in [0.717, 1.165) is 23.9 Å². The Kier molecular flexibility index (Phi) is 3.10. The molecule has 0 bridgehead atoms. The average molecular weight is 221 g/mol. The zero-order valence-electron chi connectivity index (χ0n) is 10.2. The van der Waals surface area contributed by atoms with Gasteiger partial charge in [-0.25, -0.2) is 4.79 Å². The standard InChI is InChI=1S/C12H19N3O/c1-8-6-9(2)15(12(16)14-8)7-11(13-3)10-4-5-10/h6,10-11,13H,4-5,7H2,1-3H3. The molecule has 0 aliphatic heterocycles. The molecule has 0 amide bonds. The Morgan fingerprint density at radius 2 is 2.25 bits per heavy atom. The minimum Gasteiger partial charge on any atom is -0.315 e. The summed E-state index contributed by atoms with van der Waals surface area (Å²) in [6.07, 6.45) is 2.55. The van der Waals surface area contributed by atoms with E-state index in [2.05, 4.69) is 10.3 Å². The Morgan fingerprint density at radius 3 is 2.75 bits per heavy atom. The molecule has 2 rings (SSSR count). The van der Waals surface area contributed by atoms with Crippen LogP contribution in [-0.2, 0) is 6.54 Å². The van der Waals surface area contributed by atoms with Crippen LogP contribution in [0.4, 0.5) is 0 Å². The number of hydrogen-bond donors (Lipinski definition) is 1. The molecule has 4 heteroatoms. The monoisotopic (exact) mass is 221 g/mol. The minimum absolute atomic E-state index is 0.126. The maximum atomic E-state index is 11.8. The van der Waals surface area contributed by atoms with Crippen LogP contribution in [0.15, 0.2) is 10.9 Å². The van der Waals surface area contributed by atoms with Crippen LogP contribution in [0, 0.1) is 19.8 Å². The van der Waals surface area contributed by atoms with Gasteiger partial charge in [-0.3, -0.25) is 4.57 Å². The van der Waals surface area contributed by atoms with Crippen molar-refractivity contribution in [3.05, 3.63) is 27.9 Å². The van der Waals surface area contributed by atoms with Gasteiger partial charge in [0.1, 0.15) is 0 Å². The normalized spacial score (nSPS) is 17.4. The second kappa shape index (κ2) is 4.37. The highest BCUT2D eigenvalue weighted by Crippen LogP contribution is 2.33. The number of nitrogens with one attached hydrogen (secondary N) is 1. The summed E-state index contributed by atoms with van der Waals surface area (Å²) in [7, 11) is 1.96. The summed E-state index contributed by atoms with van der Waals surface area (Å²) in [5, 5.41) is 3.29. The molecular weight excluding hydrogens is 202 g/mol. The van der Waals surface area contributed by atoms with Gasteiger partial charge in [0.2, 0.25) is 0 Å². The van der Waals surface area contributed by atoms with Crippen LogP contribution < -0.4 is 11.0 Å². The number of nitrogens with zero attached hydrogens (tertiary/aromatic N) is 2. The van der Waals surface area contributed by atoms with Crippen molar-refractivity contribution in [1.82, 2.24) is 14.9 Å². The summed E-state index contributed by atoms with van der Waals surface area (Å²) in [5.74, 6) is 0.734. The molecule has 1 aliphatic rings. The van der Waals surface area contributed by atoms with Gasteiger partial charge in [0.25, 0.3) is 0 Å². The average Bonchev–Trinajstić information content (AvgIpc) is 3.00. The molecule has 1 heterocycles. The SMILES string of the molecule is CNC(Cn1c(C)cc(C)nc1=O)C1CC1. The lowest BCUT2D eigenvalue weighted by Crippen LogP contribution is -2.37. The van der Waals surface area contributed by atoms with Crippen LogP contribution in [0.25, 0.3) is 0 Å². The maximum absolute atomic E-state index is 11.8. The minimum atomic E-state index is -0.126. The van der Waals surface area contributed by atoms with Crippen molar-refractivity contribution in [2.24, 2.45) is 5.92 Å². The van der Waals surface area contributed by atoms with E-state index in [1.54, 1.807) is 4.57 Å². The molecule has 88 valence electrons. The Balaban J connectivity index is 2.23. The van der Waals surface area contributed by atoms with E-state index >= 15 is 0 Å². The fourth-order valence-corrected chi connectivity index (χ4v) is 2.17. The lowest BCUT2D eigenvalue weighted by atomic mass is 10.2. The Morgan fingerprint density at radius 1 is 1.56 bits per heavy atom. The highest BCUT2D eigenvalue weighted by molar-refractivity contribution is 5.07. The van der Waals surface area contributed by atoms with Gasteiger partial charge in [0.15, 0.2) is 0 Å². The largest absolute Gasteiger partial charge is 0.348 e. The van der Waals surface area contributed by atoms with Gasteiger partial charge in [0.05, 0.1) is 0 Å². The zero-order chi connectivity index (χ0) is 11.7. The zero-order valence-corrected chi connectivity index (χ0v) is 10.2. The third-order valence-electron chi connectivity index (χ3n) is 3.29. The number of hydrogen-bond acceptors (Lipinski definition) is 3. The molecule has 1 fully saturated rings. The van der Waals surface area contributed by atoms with Gasteiger partial charge in [0, 0.05) is 24.0 Å². The summed E-state index contributed by atoms with van der Waals surface area (Å²) in [5.41, 5.74) is 1.67. The Bertz CT molecular complexity index is 434. The van der Waals surface area contributed by atoms with E-state index in [-0.39, 0.29) is 5.69 Å². The third kappa shape index (κ3) is 2.32. The second-order valence-corrected chi connectivity index (χ2v) is 4.66. The number of aryl methyl sites for hydroxylation is 2. The van der Waals surface area contributed by atoms with Crippen LogP contribution >= 0.6 is 0 Å². The first-order chi connectivity index (χ1) is 7.61. The molecule has 1 aromatic heterocycles. The summed E-state index contributed by atoms with van der Waals surface area (Å²) in [4.78, 5) is 15.8. The van der Waals surface area contributed by atoms with E-state index in [1.165, 1.54) is 12.8 Å². The number of aromatic nitrogens is 2. The van der Waals surface area contributed by atoms with Crippen molar-refractivity contribution < 1.29 is 0 Å². The van der Waals surface area contributed by atoms with Gasteiger partial charge in [-0.1, -0.05) is 0 Å².